The Morgan fingerprint density at radius 1 is 1.35 bits per heavy atom. The molecule has 0 radical (unpaired) electrons. The van der Waals surface area contributed by atoms with Crippen LogP contribution in [0.2, 0.25) is 0 Å². The maximum atomic E-state index is 13.9. The molecule has 7 heteroatoms. The summed E-state index contributed by atoms with van der Waals surface area (Å²) >= 11 is 1.30. The highest BCUT2D eigenvalue weighted by atomic mass is 32.1. The van der Waals surface area contributed by atoms with Crippen LogP contribution in [-0.2, 0) is 17.6 Å². The number of ether oxygens (including phenoxy) is 1. The van der Waals surface area contributed by atoms with Gasteiger partial charge in [-0.3, -0.25) is 4.79 Å². The Balaban J connectivity index is 1.97. The van der Waals surface area contributed by atoms with Crippen LogP contribution in [-0.4, -0.2) is 18.5 Å². The monoisotopic (exact) mass is 379 g/mol. The minimum absolute atomic E-state index is 0.214. The predicted molar refractivity (Wildman–Crippen MR) is 95.8 cm³/mol. The normalized spacial score (nSPS) is 16.1. The molecule has 138 valence electrons. The van der Waals surface area contributed by atoms with Crippen LogP contribution in [0.3, 0.4) is 0 Å². The summed E-state index contributed by atoms with van der Waals surface area (Å²) in [7, 11) is 0. The largest absolute Gasteiger partial charge is 0.462 e. The standard InChI is InChI=1S/C19H19F2NO3S/c1-3-25-19(24)16-12-6-4-10(2)8-15(12)26-18(16)22-17(23)13-9-11(20)5-7-14(13)21/h5,7,9-10H,3-4,6,8H2,1-2H3,(H,22,23). The van der Waals surface area contributed by atoms with E-state index >= 15 is 0 Å². The molecule has 0 saturated heterocycles. The number of esters is 1. The van der Waals surface area contributed by atoms with E-state index in [0.717, 1.165) is 47.9 Å². The summed E-state index contributed by atoms with van der Waals surface area (Å²) in [6, 6.07) is 2.68. The van der Waals surface area contributed by atoms with E-state index in [9.17, 15) is 18.4 Å². The summed E-state index contributed by atoms with van der Waals surface area (Å²) < 4.78 is 32.4. The number of hydrogen-bond donors (Lipinski definition) is 1. The lowest BCUT2D eigenvalue weighted by Gasteiger charge is -2.18. The molecule has 0 saturated carbocycles. The topological polar surface area (TPSA) is 55.4 Å². The van der Waals surface area contributed by atoms with Crippen molar-refractivity contribution in [2.45, 2.75) is 33.1 Å². The van der Waals surface area contributed by atoms with Gasteiger partial charge in [0.1, 0.15) is 16.6 Å². The highest BCUT2D eigenvalue weighted by Crippen LogP contribution is 2.40. The van der Waals surface area contributed by atoms with Crippen molar-refractivity contribution < 1.29 is 23.1 Å². The van der Waals surface area contributed by atoms with Crippen LogP contribution in [0.25, 0.3) is 0 Å². The first-order chi connectivity index (χ1) is 12.4. The smallest absolute Gasteiger partial charge is 0.341 e. The number of hydrogen-bond acceptors (Lipinski definition) is 4. The van der Waals surface area contributed by atoms with Gasteiger partial charge >= 0.3 is 5.97 Å². The number of anilines is 1. The number of carbonyl (C=O) groups is 2. The molecule has 0 bridgehead atoms. The van der Waals surface area contributed by atoms with Crippen molar-refractivity contribution in [1.29, 1.82) is 0 Å². The molecule has 1 atom stereocenters. The summed E-state index contributed by atoms with van der Waals surface area (Å²) in [6.45, 7) is 4.05. The zero-order valence-corrected chi connectivity index (χ0v) is 15.3. The van der Waals surface area contributed by atoms with Crippen LogP contribution in [0.5, 0.6) is 0 Å². The van der Waals surface area contributed by atoms with E-state index in [1.165, 1.54) is 11.3 Å². The first kappa shape index (κ1) is 18.5. The number of rotatable bonds is 4. The average Bonchev–Trinajstić information content (AvgIpc) is 2.94. The fourth-order valence-corrected chi connectivity index (χ4v) is 4.49. The molecule has 4 nitrogen and oxygen atoms in total. The molecule has 26 heavy (non-hydrogen) atoms. The third kappa shape index (κ3) is 3.62. The molecule has 3 rings (SSSR count). The lowest BCUT2D eigenvalue weighted by Crippen LogP contribution is -2.17. The zero-order chi connectivity index (χ0) is 18.8. The summed E-state index contributed by atoms with van der Waals surface area (Å²) in [4.78, 5) is 25.9. The highest BCUT2D eigenvalue weighted by Gasteiger charge is 2.29. The van der Waals surface area contributed by atoms with Crippen LogP contribution in [0.1, 0.15) is 51.4 Å². The van der Waals surface area contributed by atoms with Crippen molar-refractivity contribution in [3.8, 4) is 0 Å². The Hall–Kier alpha value is -2.28. The van der Waals surface area contributed by atoms with Crippen LogP contribution in [0.15, 0.2) is 18.2 Å². The van der Waals surface area contributed by atoms with E-state index in [1.807, 2.05) is 0 Å². The maximum absolute atomic E-state index is 13.9. The third-order valence-corrected chi connectivity index (χ3v) is 5.56. The molecule has 0 fully saturated rings. The Bertz CT molecular complexity index is 863. The highest BCUT2D eigenvalue weighted by molar-refractivity contribution is 7.17. The lowest BCUT2D eigenvalue weighted by molar-refractivity contribution is 0.0526. The molecule has 2 aromatic rings. The van der Waals surface area contributed by atoms with Crippen molar-refractivity contribution in [2.24, 2.45) is 5.92 Å². The zero-order valence-electron chi connectivity index (χ0n) is 14.5. The molecule has 1 aliphatic rings. The Morgan fingerprint density at radius 3 is 2.85 bits per heavy atom. The fraction of sp³-hybridized carbons (Fsp3) is 0.368. The fourth-order valence-electron chi connectivity index (χ4n) is 3.10. The number of thiophene rings is 1. The molecule has 1 N–H and O–H groups in total. The van der Waals surface area contributed by atoms with Crippen LogP contribution < -0.4 is 5.32 Å². The van der Waals surface area contributed by atoms with E-state index < -0.39 is 29.1 Å². The molecular weight excluding hydrogens is 360 g/mol. The van der Waals surface area contributed by atoms with Crippen LogP contribution in [0, 0.1) is 17.6 Å². The van der Waals surface area contributed by atoms with Crippen molar-refractivity contribution in [3.63, 3.8) is 0 Å². The first-order valence-electron chi connectivity index (χ1n) is 8.48. The van der Waals surface area contributed by atoms with Gasteiger partial charge < -0.3 is 10.1 Å². The Morgan fingerprint density at radius 2 is 2.12 bits per heavy atom. The number of carbonyl (C=O) groups excluding carboxylic acids is 2. The van der Waals surface area contributed by atoms with Crippen molar-refractivity contribution >= 4 is 28.2 Å². The summed E-state index contributed by atoms with van der Waals surface area (Å²) in [5, 5.41) is 2.91. The second-order valence-electron chi connectivity index (χ2n) is 6.35. The molecule has 1 aliphatic carbocycles. The molecule has 0 aliphatic heterocycles. The number of fused-ring (bicyclic) bond motifs is 1. The number of benzene rings is 1. The van der Waals surface area contributed by atoms with E-state index in [4.69, 9.17) is 4.74 Å². The van der Waals surface area contributed by atoms with Gasteiger partial charge in [-0.15, -0.1) is 11.3 Å². The van der Waals surface area contributed by atoms with Crippen LogP contribution >= 0.6 is 11.3 Å². The van der Waals surface area contributed by atoms with Crippen molar-refractivity contribution in [1.82, 2.24) is 0 Å². The molecular formula is C19H19F2NO3S. The Kier molecular flexibility index (Phi) is 5.36. The molecule has 1 aromatic heterocycles. The molecule has 1 unspecified atom stereocenters. The van der Waals surface area contributed by atoms with Crippen molar-refractivity contribution in [2.75, 3.05) is 11.9 Å². The number of amides is 1. The number of halogens is 2. The molecule has 1 amide bonds. The van der Waals surface area contributed by atoms with Crippen molar-refractivity contribution in [3.05, 3.63) is 51.4 Å². The van der Waals surface area contributed by atoms with Gasteiger partial charge in [-0.1, -0.05) is 6.92 Å². The second-order valence-corrected chi connectivity index (χ2v) is 7.46. The van der Waals surface area contributed by atoms with Gasteiger partial charge in [-0.05, 0) is 55.9 Å². The van der Waals surface area contributed by atoms with E-state index in [0.29, 0.717) is 16.5 Å². The van der Waals surface area contributed by atoms with E-state index in [-0.39, 0.29) is 6.61 Å². The van der Waals surface area contributed by atoms with Gasteiger partial charge in [0.05, 0.1) is 17.7 Å². The van der Waals surface area contributed by atoms with Gasteiger partial charge in [0, 0.05) is 4.88 Å². The molecule has 1 aromatic carbocycles. The van der Waals surface area contributed by atoms with Gasteiger partial charge in [0.2, 0.25) is 0 Å². The van der Waals surface area contributed by atoms with Gasteiger partial charge in [-0.2, -0.15) is 0 Å². The SMILES string of the molecule is CCOC(=O)c1c(NC(=O)c2cc(F)ccc2F)sc2c1CCC(C)C2. The first-order valence-corrected chi connectivity index (χ1v) is 9.30. The predicted octanol–water partition coefficient (Wildman–Crippen LogP) is 4.58. The lowest BCUT2D eigenvalue weighted by atomic mass is 9.88. The summed E-state index contributed by atoms with van der Waals surface area (Å²) in [5.41, 5.74) is 0.824. The summed E-state index contributed by atoms with van der Waals surface area (Å²) in [5.74, 6) is -2.34. The van der Waals surface area contributed by atoms with Gasteiger partial charge in [0.15, 0.2) is 0 Å². The van der Waals surface area contributed by atoms with Gasteiger partial charge in [-0.25, -0.2) is 13.6 Å². The number of nitrogens with one attached hydrogen (secondary N) is 1. The Labute approximate surface area is 154 Å². The maximum Gasteiger partial charge on any atom is 0.341 e. The molecule has 1 heterocycles. The second kappa shape index (κ2) is 7.53. The van der Waals surface area contributed by atoms with Gasteiger partial charge in [0.25, 0.3) is 5.91 Å². The van der Waals surface area contributed by atoms with E-state index in [1.54, 1.807) is 6.92 Å². The average molecular weight is 379 g/mol. The minimum Gasteiger partial charge on any atom is -0.462 e. The third-order valence-electron chi connectivity index (χ3n) is 4.39. The molecule has 0 spiro atoms. The van der Waals surface area contributed by atoms with Crippen LogP contribution in [0.4, 0.5) is 13.8 Å². The minimum atomic E-state index is -0.823. The quantitative estimate of drug-likeness (QED) is 0.791. The van der Waals surface area contributed by atoms with E-state index in [2.05, 4.69) is 12.2 Å². The summed E-state index contributed by atoms with van der Waals surface area (Å²) in [6.07, 6.45) is 2.49.